The highest BCUT2D eigenvalue weighted by molar-refractivity contribution is 7.92. The number of hydrogen-bond donors (Lipinski definition) is 2. The van der Waals surface area contributed by atoms with Crippen LogP contribution in [0.5, 0.6) is 0 Å². The third-order valence-corrected chi connectivity index (χ3v) is 3.94. The first-order chi connectivity index (χ1) is 9.42. The average Bonchev–Trinajstić information content (AvgIpc) is 2.36. The summed E-state index contributed by atoms with van der Waals surface area (Å²) in [6.07, 6.45) is 1.49. The highest BCUT2D eigenvalue weighted by Crippen LogP contribution is 2.16. The van der Waals surface area contributed by atoms with Crippen LogP contribution in [0.4, 0.5) is 5.95 Å². The molecule has 0 saturated heterocycles. The second kappa shape index (κ2) is 5.51. The Balaban J connectivity index is 2.41. The molecule has 0 fully saturated rings. The van der Waals surface area contributed by atoms with E-state index in [2.05, 4.69) is 19.7 Å². The van der Waals surface area contributed by atoms with Gasteiger partial charge in [0.25, 0.3) is 10.0 Å². The normalized spacial score (nSPS) is 11.3. The van der Waals surface area contributed by atoms with Crippen molar-refractivity contribution >= 4 is 16.0 Å². The van der Waals surface area contributed by atoms with E-state index in [0.29, 0.717) is 17.1 Å². The summed E-state index contributed by atoms with van der Waals surface area (Å²) in [6, 6.07) is 4.74. The maximum Gasteiger partial charge on any atom is 0.266 e. The Hall–Kier alpha value is -2.06. The minimum atomic E-state index is -3.81. The van der Waals surface area contributed by atoms with Gasteiger partial charge < -0.3 is 5.73 Å². The van der Waals surface area contributed by atoms with Crippen molar-refractivity contribution in [3.8, 4) is 0 Å². The van der Waals surface area contributed by atoms with E-state index in [1.807, 2.05) is 0 Å². The first kappa shape index (κ1) is 14.4. The summed E-state index contributed by atoms with van der Waals surface area (Å²) < 4.78 is 27.0. The molecule has 0 amide bonds. The number of nitrogens with two attached hydrogens (primary N) is 1. The van der Waals surface area contributed by atoms with Gasteiger partial charge in [-0.25, -0.2) is 23.1 Å². The van der Waals surface area contributed by atoms with E-state index in [1.165, 1.54) is 18.3 Å². The molecule has 0 bridgehead atoms. The molecular weight excluding hydrogens is 278 g/mol. The molecule has 0 spiro atoms. The topological polar surface area (TPSA) is 111 Å². The molecule has 0 radical (unpaired) electrons. The van der Waals surface area contributed by atoms with E-state index >= 15 is 0 Å². The summed E-state index contributed by atoms with van der Waals surface area (Å²) in [5, 5.41) is 0. The van der Waals surface area contributed by atoms with Crippen molar-refractivity contribution < 1.29 is 8.42 Å². The van der Waals surface area contributed by atoms with Crippen LogP contribution in [0.25, 0.3) is 0 Å². The summed E-state index contributed by atoms with van der Waals surface area (Å²) in [4.78, 5) is 12.1. The van der Waals surface area contributed by atoms with Crippen molar-refractivity contribution in [2.75, 3.05) is 4.72 Å². The minimum Gasteiger partial charge on any atom is -0.325 e. The number of nitrogens with one attached hydrogen (secondary N) is 1. The summed E-state index contributed by atoms with van der Waals surface area (Å²) in [5.74, 6) is 0.0364. The molecule has 106 valence electrons. The van der Waals surface area contributed by atoms with Gasteiger partial charge in [-0.3, -0.25) is 4.98 Å². The molecule has 7 nitrogen and oxygen atoms in total. The average molecular weight is 293 g/mol. The zero-order valence-electron chi connectivity index (χ0n) is 11.2. The van der Waals surface area contributed by atoms with Crippen LogP contribution in [0.2, 0.25) is 0 Å². The number of aromatic nitrogens is 3. The number of sulfonamides is 1. The lowest BCUT2D eigenvalue weighted by atomic mass is 10.3. The van der Waals surface area contributed by atoms with Crippen molar-refractivity contribution in [1.29, 1.82) is 0 Å². The van der Waals surface area contributed by atoms with Gasteiger partial charge in [-0.2, -0.15) is 0 Å². The Morgan fingerprint density at radius 3 is 2.50 bits per heavy atom. The van der Waals surface area contributed by atoms with Gasteiger partial charge in [-0.1, -0.05) is 0 Å². The van der Waals surface area contributed by atoms with Crippen LogP contribution in [0.3, 0.4) is 0 Å². The predicted molar refractivity (Wildman–Crippen MR) is 74.4 cm³/mol. The lowest BCUT2D eigenvalue weighted by Gasteiger charge is -2.10. The number of anilines is 1. The second-order valence-corrected chi connectivity index (χ2v) is 5.88. The fourth-order valence-electron chi connectivity index (χ4n) is 1.77. The largest absolute Gasteiger partial charge is 0.325 e. The van der Waals surface area contributed by atoms with Gasteiger partial charge in [0.15, 0.2) is 0 Å². The number of hydrogen-bond acceptors (Lipinski definition) is 6. The Morgan fingerprint density at radius 1 is 1.25 bits per heavy atom. The predicted octanol–water partition coefficient (Wildman–Crippen LogP) is 0.748. The number of aryl methyl sites for hydroxylation is 2. The maximum absolute atomic E-state index is 12.3. The highest BCUT2D eigenvalue weighted by Gasteiger charge is 2.20. The van der Waals surface area contributed by atoms with Crippen LogP contribution in [-0.4, -0.2) is 23.4 Å². The Bertz CT molecular complexity index is 710. The van der Waals surface area contributed by atoms with Crippen molar-refractivity contribution in [2.24, 2.45) is 5.73 Å². The van der Waals surface area contributed by atoms with Crippen LogP contribution < -0.4 is 10.5 Å². The van der Waals surface area contributed by atoms with Gasteiger partial charge in [-0.05, 0) is 32.0 Å². The van der Waals surface area contributed by atoms with E-state index in [-0.39, 0.29) is 17.4 Å². The number of rotatable bonds is 4. The molecule has 2 rings (SSSR count). The van der Waals surface area contributed by atoms with E-state index < -0.39 is 10.0 Å². The fourth-order valence-corrected chi connectivity index (χ4v) is 2.91. The maximum atomic E-state index is 12.3. The third-order valence-electron chi connectivity index (χ3n) is 2.54. The fraction of sp³-hybridized carbons (Fsp3) is 0.250. The molecule has 0 aromatic carbocycles. The van der Waals surface area contributed by atoms with Crippen LogP contribution in [0.15, 0.2) is 29.3 Å². The summed E-state index contributed by atoms with van der Waals surface area (Å²) >= 11 is 0. The molecule has 0 aliphatic heterocycles. The molecule has 2 heterocycles. The minimum absolute atomic E-state index is 0.0325. The van der Waals surface area contributed by atoms with Crippen molar-refractivity contribution in [2.45, 2.75) is 25.3 Å². The monoisotopic (exact) mass is 293 g/mol. The Labute approximate surface area is 117 Å². The van der Waals surface area contributed by atoms with Crippen LogP contribution >= 0.6 is 0 Å². The van der Waals surface area contributed by atoms with Gasteiger partial charge in [0.2, 0.25) is 5.95 Å². The van der Waals surface area contributed by atoms with Crippen LogP contribution in [-0.2, 0) is 16.6 Å². The van der Waals surface area contributed by atoms with Crippen molar-refractivity contribution in [1.82, 2.24) is 15.0 Å². The molecule has 3 N–H and O–H groups in total. The Kier molecular flexibility index (Phi) is 3.96. The molecular formula is C12H15N5O2S. The lowest BCUT2D eigenvalue weighted by molar-refractivity contribution is 0.598. The summed E-state index contributed by atoms with van der Waals surface area (Å²) in [6.45, 7) is 3.56. The number of pyridine rings is 1. The van der Waals surface area contributed by atoms with Gasteiger partial charge in [0.05, 0.1) is 5.69 Å². The Morgan fingerprint density at radius 2 is 1.90 bits per heavy atom. The molecule has 0 atom stereocenters. The first-order valence-corrected chi connectivity index (χ1v) is 7.40. The van der Waals surface area contributed by atoms with Crippen LogP contribution in [0, 0.1) is 13.8 Å². The van der Waals surface area contributed by atoms with Gasteiger partial charge in [-0.15, -0.1) is 0 Å². The molecule has 2 aromatic rings. The second-order valence-electron chi connectivity index (χ2n) is 4.23. The van der Waals surface area contributed by atoms with Gasteiger partial charge in [0, 0.05) is 24.1 Å². The van der Waals surface area contributed by atoms with Gasteiger partial charge in [0.1, 0.15) is 4.90 Å². The molecule has 0 saturated carbocycles. The molecule has 2 aromatic heterocycles. The van der Waals surface area contributed by atoms with E-state index in [0.717, 1.165) is 0 Å². The smallest absolute Gasteiger partial charge is 0.266 e. The van der Waals surface area contributed by atoms with Crippen molar-refractivity contribution in [3.05, 3.63) is 41.5 Å². The third kappa shape index (κ3) is 3.09. The van der Waals surface area contributed by atoms with Gasteiger partial charge >= 0.3 is 0 Å². The standard InChI is InChI=1S/C12H15N5O2S/c1-8-6-9(2)16-12(15-8)17-20(18,19)11-4-3-5-14-10(11)7-13/h3-6H,7,13H2,1-2H3,(H,15,16,17). The molecule has 8 heteroatoms. The molecule has 0 unspecified atom stereocenters. The quantitative estimate of drug-likeness (QED) is 0.860. The van der Waals surface area contributed by atoms with E-state index in [4.69, 9.17) is 5.73 Å². The summed E-state index contributed by atoms with van der Waals surface area (Å²) in [5.41, 5.74) is 7.16. The highest BCUT2D eigenvalue weighted by atomic mass is 32.2. The van der Waals surface area contributed by atoms with Crippen LogP contribution in [0.1, 0.15) is 17.1 Å². The molecule has 20 heavy (non-hydrogen) atoms. The SMILES string of the molecule is Cc1cc(C)nc(NS(=O)(=O)c2cccnc2CN)n1. The van der Waals surface area contributed by atoms with E-state index in [1.54, 1.807) is 19.9 Å². The first-order valence-electron chi connectivity index (χ1n) is 5.91. The zero-order chi connectivity index (χ0) is 14.8. The summed E-state index contributed by atoms with van der Waals surface area (Å²) in [7, 11) is -3.81. The van der Waals surface area contributed by atoms with E-state index in [9.17, 15) is 8.42 Å². The zero-order valence-corrected chi connectivity index (χ0v) is 12.0. The number of nitrogens with zero attached hydrogens (tertiary/aromatic N) is 3. The molecule has 0 aliphatic carbocycles. The molecule has 0 aliphatic rings. The lowest BCUT2D eigenvalue weighted by Crippen LogP contribution is -2.19. The van der Waals surface area contributed by atoms with Crippen molar-refractivity contribution in [3.63, 3.8) is 0 Å².